The van der Waals surface area contributed by atoms with E-state index < -0.39 is 0 Å². The monoisotopic (exact) mass is 298 g/mol. The number of nitrogens with one attached hydrogen (secondary N) is 1. The Labute approximate surface area is 132 Å². The molecule has 0 amide bonds. The quantitative estimate of drug-likeness (QED) is 0.743. The molecule has 0 aromatic heterocycles. The Hall–Kier alpha value is -0.120. The van der Waals surface area contributed by atoms with Gasteiger partial charge in [-0.05, 0) is 39.0 Å². The fourth-order valence-corrected chi connectivity index (χ4v) is 3.13. The molecule has 1 atom stereocenters. The lowest BCUT2D eigenvalue weighted by Gasteiger charge is -2.38. The first kappa shape index (κ1) is 18.9. The molecule has 1 heterocycles. The fraction of sp³-hybridized carbons (Fsp3) is 1.00. The molecule has 0 radical (unpaired) electrons. The molecule has 3 heteroatoms. The largest absolute Gasteiger partial charge is 0.381 e. The first-order valence-electron chi connectivity index (χ1n) is 8.67. The molecule has 0 saturated carbocycles. The minimum absolute atomic E-state index is 0.177. The minimum atomic E-state index is 0.177. The number of rotatable bonds is 8. The van der Waals surface area contributed by atoms with E-state index in [-0.39, 0.29) is 11.0 Å². The highest BCUT2D eigenvalue weighted by molar-refractivity contribution is 4.91. The molecule has 1 rings (SSSR count). The second-order valence-electron chi connectivity index (χ2n) is 8.89. The molecule has 0 spiro atoms. The molecular formula is C18H38N2O. The second kappa shape index (κ2) is 7.94. The summed E-state index contributed by atoms with van der Waals surface area (Å²) in [5.41, 5.74) is 0.466. The molecule has 1 aliphatic rings. The Bertz CT molecular complexity index is 278. The van der Waals surface area contributed by atoms with Gasteiger partial charge in [0.25, 0.3) is 0 Å². The first-order valence-corrected chi connectivity index (χ1v) is 8.67. The molecule has 1 aliphatic heterocycles. The van der Waals surface area contributed by atoms with E-state index in [4.69, 9.17) is 4.74 Å². The van der Waals surface area contributed by atoms with Crippen LogP contribution in [0.15, 0.2) is 0 Å². The molecular weight excluding hydrogens is 260 g/mol. The second-order valence-corrected chi connectivity index (χ2v) is 8.89. The third-order valence-corrected chi connectivity index (χ3v) is 3.98. The van der Waals surface area contributed by atoms with Crippen LogP contribution in [0.4, 0.5) is 0 Å². The van der Waals surface area contributed by atoms with E-state index in [2.05, 4.69) is 58.7 Å². The minimum Gasteiger partial charge on any atom is -0.381 e. The van der Waals surface area contributed by atoms with Crippen molar-refractivity contribution in [3.05, 3.63) is 0 Å². The Balaban J connectivity index is 2.68. The number of hydrogen-bond acceptors (Lipinski definition) is 3. The number of nitrogens with zero attached hydrogens (tertiary/aromatic N) is 1. The zero-order chi connectivity index (χ0) is 16.1. The summed E-state index contributed by atoms with van der Waals surface area (Å²) in [6.45, 7) is 22.4. The predicted molar refractivity (Wildman–Crippen MR) is 91.7 cm³/mol. The SMILES string of the molecule is CC(C)CN(CC(C)C)CC1(CNC(C)(C)C)CCOC1. The van der Waals surface area contributed by atoms with E-state index in [1.807, 2.05) is 0 Å². The molecule has 1 saturated heterocycles. The van der Waals surface area contributed by atoms with Crippen LogP contribution < -0.4 is 5.32 Å². The van der Waals surface area contributed by atoms with Crippen molar-refractivity contribution in [2.45, 2.75) is 60.4 Å². The maximum atomic E-state index is 5.77. The third-order valence-electron chi connectivity index (χ3n) is 3.98. The standard InChI is InChI=1S/C18H38N2O/c1-15(2)10-20(11-16(3)4)13-18(8-9-21-14-18)12-19-17(5,6)7/h15-16,19H,8-14H2,1-7H3. The fourth-order valence-electron chi connectivity index (χ4n) is 3.13. The van der Waals surface area contributed by atoms with Crippen LogP contribution in [0, 0.1) is 17.3 Å². The van der Waals surface area contributed by atoms with Crippen molar-refractivity contribution in [2.75, 3.05) is 39.4 Å². The third kappa shape index (κ3) is 7.62. The number of ether oxygens (including phenoxy) is 1. The van der Waals surface area contributed by atoms with E-state index in [1.165, 1.54) is 19.5 Å². The molecule has 0 bridgehead atoms. The normalized spacial score (nSPS) is 23.7. The Morgan fingerprint density at radius 2 is 1.67 bits per heavy atom. The van der Waals surface area contributed by atoms with Gasteiger partial charge in [-0.3, -0.25) is 0 Å². The molecule has 126 valence electrons. The van der Waals surface area contributed by atoms with E-state index >= 15 is 0 Å². The number of hydrogen-bond donors (Lipinski definition) is 1. The summed E-state index contributed by atoms with van der Waals surface area (Å²) in [6.07, 6.45) is 1.18. The summed E-state index contributed by atoms with van der Waals surface area (Å²) in [7, 11) is 0. The van der Waals surface area contributed by atoms with Crippen LogP contribution in [0.5, 0.6) is 0 Å². The van der Waals surface area contributed by atoms with E-state index in [1.54, 1.807) is 0 Å². The summed E-state index contributed by atoms with van der Waals surface area (Å²) in [4.78, 5) is 2.66. The van der Waals surface area contributed by atoms with Gasteiger partial charge < -0.3 is 15.0 Å². The predicted octanol–water partition coefficient (Wildman–Crippen LogP) is 3.40. The Kier molecular flexibility index (Phi) is 7.15. The lowest BCUT2D eigenvalue weighted by atomic mass is 9.85. The molecule has 1 N–H and O–H groups in total. The van der Waals surface area contributed by atoms with Gasteiger partial charge in [0, 0.05) is 43.7 Å². The van der Waals surface area contributed by atoms with Crippen LogP contribution >= 0.6 is 0 Å². The van der Waals surface area contributed by atoms with Crippen molar-refractivity contribution in [3.63, 3.8) is 0 Å². The summed E-state index contributed by atoms with van der Waals surface area (Å²) in [5, 5.41) is 3.71. The van der Waals surface area contributed by atoms with Crippen LogP contribution in [-0.2, 0) is 4.74 Å². The van der Waals surface area contributed by atoms with E-state index in [9.17, 15) is 0 Å². The average Bonchev–Trinajstić information content (AvgIpc) is 2.73. The van der Waals surface area contributed by atoms with Gasteiger partial charge in [0.2, 0.25) is 0 Å². The summed E-state index contributed by atoms with van der Waals surface area (Å²) >= 11 is 0. The van der Waals surface area contributed by atoms with Gasteiger partial charge >= 0.3 is 0 Å². The highest BCUT2D eigenvalue weighted by atomic mass is 16.5. The molecule has 0 aromatic rings. The molecule has 3 nitrogen and oxygen atoms in total. The van der Waals surface area contributed by atoms with Gasteiger partial charge in [-0.15, -0.1) is 0 Å². The van der Waals surface area contributed by atoms with Crippen molar-refractivity contribution < 1.29 is 4.74 Å². The van der Waals surface area contributed by atoms with Crippen molar-refractivity contribution in [3.8, 4) is 0 Å². The smallest absolute Gasteiger partial charge is 0.0547 e. The highest BCUT2D eigenvalue weighted by Crippen LogP contribution is 2.30. The van der Waals surface area contributed by atoms with Crippen LogP contribution in [0.2, 0.25) is 0 Å². The lowest BCUT2D eigenvalue weighted by molar-refractivity contribution is 0.0907. The van der Waals surface area contributed by atoms with Gasteiger partial charge in [-0.2, -0.15) is 0 Å². The van der Waals surface area contributed by atoms with Crippen LogP contribution in [0.1, 0.15) is 54.9 Å². The maximum absolute atomic E-state index is 5.77. The summed E-state index contributed by atoms with van der Waals surface area (Å²) in [5.74, 6) is 1.44. The zero-order valence-electron chi connectivity index (χ0n) is 15.5. The van der Waals surface area contributed by atoms with Crippen LogP contribution in [-0.4, -0.2) is 49.8 Å². The van der Waals surface area contributed by atoms with E-state index in [0.717, 1.165) is 38.1 Å². The topological polar surface area (TPSA) is 24.5 Å². The molecule has 1 fully saturated rings. The molecule has 0 aliphatic carbocycles. The van der Waals surface area contributed by atoms with Crippen molar-refractivity contribution in [1.29, 1.82) is 0 Å². The van der Waals surface area contributed by atoms with Crippen LogP contribution in [0.25, 0.3) is 0 Å². The molecule has 21 heavy (non-hydrogen) atoms. The summed E-state index contributed by atoms with van der Waals surface area (Å²) < 4.78 is 5.77. The van der Waals surface area contributed by atoms with Gasteiger partial charge in [0.1, 0.15) is 0 Å². The highest BCUT2D eigenvalue weighted by Gasteiger charge is 2.37. The van der Waals surface area contributed by atoms with Crippen molar-refractivity contribution >= 4 is 0 Å². The van der Waals surface area contributed by atoms with Gasteiger partial charge in [-0.1, -0.05) is 27.7 Å². The average molecular weight is 299 g/mol. The van der Waals surface area contributed by atoms with E-state index in [0.29, 0.717) is 0 Å². The maximum Gasteiger partial charge on any atom is 0.0547 e. The Morgan fingerprint density at radius 3 is 2.05 bits per heavy atom. The molecule has 0 aromatic carbocycles. The van der Waals surface area contributed by atoms with Crippen LogP contribution in [0.3, 0.4) is 0 Å². The zero-order valence-corrected chi connectivity index (χ0v) is 15.5. The molecule has 1 unspecified atom stereocenters. The first-order chi connectivity index (χ1) is 9.62. The Morgan fingerprint density at radius 1 is 1.10 bits per heavy atom. The summed E-state index contributed by atoms with van der Waals surface area (Å²) in [6, 6.07) is 0. The van der Waals surface area contributed by atoms with Crippen molar-refractivity contribution in [2.24, 2.45) is 17.3 Å². The van der Waals surface area contributed by atoms with Crippen molar-refractivity contribution in [1.82, 2.24) is 10.2 Å². The lowest BCUT2D eigenvalue weighted by Crippen LogP contribution is -2.50. The van der Waals surface area contributed by atoms with Gasteiger partial charge in [0.05, 0.1) is 6.61 Å². The van der Waals surface area contributed by atoms with Gasteiger partial charge in [0.15, 0.2) is 0 Å². The van der Waals surface area contributed by atoms with Gasteiger partial charge in [-0.25, -0.2) is 0 Å².